The molecule has 0 aliphatic carbocycles. The SMILES string of the molecule is COC(=O)c1ccc(C)c(C2CCCO2)c1. The molecule has 3 heteroatoms. The van der Waals surface area contributed by atoms with Crippen molar-refractivity contribution in [3.05, 3.63) is 34.9 Å². The number of rotatable bonds is 2. The molecule has 0 radical (unpaired) electrons. The average Bonchev–Trinajstić information content (AvgIpc) is 2.82. The predicted molar refractivity (Wildman–Crippen MR) is 60.4 cm³/mol. The summed E-state index contributed by atoms with van der Waals surface area (Å²) in [6.45, 7) is 2.85. The first-order valence-electron chi connectivity index (χ1n) is 5.53. The summed E-state index contributed by atoms with van der Waals surface area (Å²) in [7, 11) is 1.40. The molecule has 1 fully saturated rings. The minimum atomic E-state index is -0.292. The van der Waals surface area contributed by atoms with Crippen molar-refractivity contribution in [2.75, 3.05) is 13.7 Å². The highest BCUT2D eigenvalue weighted by Crippen LogP contribution is 2.31. The van der Waals surface area contributed by atoms with Crippen LogP contribution in [0, 0.1) is 6.92 Å². The lowest BCUT2D eigenvalue weighted by Gasteiger charge is -2.13. The first-order chi connectivity index (χ1) is 7.72. The largest absolute Gasteiger partial charge is 0.465 e. The number of hydrogen-bond acceptors (Lipinski definition) is 3. The zero-order valence-electron chi connectivity index (χ0n) is 9.66. The lowest BCUT2D eigenvalue weighted by molar-refractivity contribution is 0.0600. The second-order valence-corrected chi connectivity index (χ2v) is 4.06. The number of esters is 1. The first kappa shape index (κ1) is 11.1. The zero-order chi connectivity index (χ0) is 11.5. The third kappa shape index (κ3) is 2.09. The van der Waals surface area contributed by atoms with E-state index in [0.29, 0.717) is 5.56 Å². The molecule has 1 aliphatic rings. The van der Waals surface area contributed by atoms with Crippen molar-refractivity contribution >= 4 is 5.97 Å². The van der Waals surface area contributed by atoms with E-state index in [9.17, 15) is 4.79 Å². The number of methoxy groups -OCH3 is 1. The van der Waals surface area contributed by atoms with Gasteiger partial charge in [0.15, 0.2) is 0 Å². The van der Waals surface area contributed by atoms with Gasteiger partial charge >= 0.3 is 5.97 Å². The Hall–Kier alpha value is -1.35. The molecule has 1 saturated heterocycles. The summed E-state index contributed by atoms with van der Waals surface area (Å²) in [5, 5.41) is 0. The summed E-state index contributed by atoms with van der Waals surface area (Å²) >= 11 is 0. The maximum Gasteiger partial charge on any atom is 0.337 e. The van der Waals surface area contributed by atoms with Crippen molar-refractivity contribution in [2.45, 2.75) is 25.9 Å². The predicted octanol–water partition coefficient (Wildman–Crippen LogP) is 2.63. The molecule has 1 aromatic rings. The lowest BCUT2D eigenvalue weighted by Crippen LogP contribution is -2.05. The van der Waals surface area contributed by atoms with Gasteiger partial charge in [0.1, 0.15) is 0 Å². The van der Waals surface area contributed by atoms with Crippen LogP contribution in [-0.2, 0) is 9.47 Å². The second-order valence-electron chi connectivity index (χ2n) is 4.06. The summed E-state index contributed by atoms with van der Waals surface area (Å²) in [5.74, 6) is -0.292. The second kappa shape index (κ2) is 4.66. The Balaban J connectivity index is 2.32. The topological polar surface area (TPSA) is 35.5 Å². The Morgan fingerprint density at radius 1 is 1.50 bits per heavy atom. The molecule has 1 heterocycles. The summed E-state index contributed by atoms with van der Waals surface area (Å²) in [4.78, 5) is 11.4. The van der Waals surface area contributed by atoms with Crippen molar-refractivity contribution in [3.8, 4) is 0 Å². The first-order valence-corrected chi connectivity index (χ1v) is 5.53. The average molecular weight is 220 g/mol. The van der Waals surface area contributed by atoms with E-state index in [1.54, 1.807) is 6.07 Å². The molecule has 2 rings (SSSR count). The fourth-order valence-corrected chi connectivity index (χ4v) is 2.06. The number of carbonyl (C=O) groups is 1. The van der Waals surface area contributed by atoms with E-state index in [1.165, 1.54) is 12.7 Å². The Labute approximate surface area is 95.4 Å². The number of benzene rings is 1. The summed E-state index contributed by atoms with van der Waals surface area (Å²) in [5.41, 5.74) is 2.87. The molecule has 0 aromatic heterocycles. The number of ether oxygens (including phenoxy) is 2. The van der Waals surface area contributed by atoms with Crippen molar-refractivity contribution < 1.29 is 14.3 Å². The van der Waals surface area contributed by atoms with Crippen LogP contribution in [0.1, 0.15) is 40.4 Å². The van der Waals surface area contributed by atoms with Gasteiger partial charge in [0.05, 0.1) is 18.8 Å². The van der Waals surface area contributed by atoms with Crippen LogP contribution < -0.4 is 0 Å². The molecule has 86 valence electrons. The van der Waals surface area contributed by atoms with Gasteiger partial charge in [0.2, 0.25) is 0 Å². The molecule has 0 amide bonds. The summed E-state index contributed by atoms with van der Waals surface area (Å²) in [6, 6.07) is 5.63. The maximum atomic E-state index is 11.4. The van der Waals surface area contributed by atoms with Gasteiger partial charge in [-0.05, 0) is 43.0 Å². The van der Waals surface area contributed by atoms with Crippen LogP contribution in [-0.4, -0.2) is 19.7 Å². The Kier molecular flexibility index (Phi) is 3.25. The fraction of sp³-hybridized carbons (Fsp3) is 0.462. The van der Waals surface area contributed by atoms with Gasteiger partial charge in [-0.1, -0.05) is 6.07 Å². The van der Waals surface area contributed by atoms with Crippen LogP contribution in [0.25, 0.3) is 0 Å². The summed E-state index contributed by atoms with van der Waals surface area (Å²) in [6.07, 6.45) is 2.27. The lowest BCUT2D eigenvalue weighted by atomic mass is 9.99. The Morgan fingerprint density at radius 3 is 2.94 bits per heavy atom. The van der Waals surface area contributed by atoms with Crippen molar-refractivity contribution in [3.63, 3.8) is 0 Å². The van der Waals surface area contributed by atoms with Crippen molar-refractivity contribution in [1.29, 1.82) is 0 Å². The van der Waals surface area contributed by atoms with Crippen LogP contribution in [0.3, 0.4) is 0 Å². The van der Waals surface area contributed by atoms with Crippen molar-refractivity contribution in [1.82, 2.24) is 0 Å². The molecule has 0 spiro atoms. The van der Waals surface area contributed by atoms with Crippen LogP contribution in [0.2, 0.25) is 0 Å². The number of carbonyl (C=O) groups excluding carboxylic acids is 1. The molecule has 0 bridgehead atoms. The molecule has 0 saturated carbocycles. The molecule has 3 nitrogen and oxygen atoms in total. The third-order valence-corrected chi connectivity index (χ3v) is 2.98. The van der Waals surface area contributed by atoms with Crippen LogP contribution in [0.4, 0.5) is 0 Å². The molecular weight excluding hydrogens is 204 g/mol. The molecule has 1 aromatic carbocycles. The van der Waals surface area contributed by atoms with E-state index in [-0.39, 0.29) is 12.1 Å². The van der Waals surface area contributed by atoms with Gasteiger partial charge in [-0.25, -0.2) is 4.79 Å². The Morgan fingerprint density at radius 2 is 2.31 bits per heavy atom. The van der Waals surface area contributed by atoms with Crippen LogP contribution in [0.15, 0.2) is 18.2 Å². The zero-order valence-corrected chi connectivity index (χ0v) is 9.66. The molecule has 1 aliphatic heterocycles. The standard InChI is InChI=1S/C13H16O3/c1-9-5-6-10(13(14)15-2)8-11(9)12-4-3-7-16-12/h5-6,8,12H,3-4,7H2,1-2H3. The quantitative estimate of drug-likeness (QED) is 0.719. The maximum absolute atomic E-state index is 11.4. The highest BCUT2D eigenvalue weighted by molar-refractivity contribution is 5.89. The van der Waals surface area contributed by atoms with E-state index in [4.69, 9.17) is 9.47 Å². The van der Waals surface area contributed by atoms with E-state index in [0.717, 1.165) is 25.0 Å². The van der Waals surface area contributed by atoms with Gasteiger partial charge in [-0.15, -0.1) is 0 Å². The van der Waals surface area contributed by atoms with E-state index >= 15 is 0 Å². The van der Waals surface area contributed by atoms with Gasteiger partial charge < -0.3 is 9.47 Å². The van der Waals surface area contributed by atoms with E-state index in [2.05, 4.69) is 0 Å². The molecule has 1 atom stereocenters. The smallest absolute Gasteiger partial charge is 0.337 e. The Bertz CT molecular complexity index is 392. The van der Waals surface area contributed by atoms with E-state index < -0.39 is 0 Å². The number of aryl methyl sites for hydroxylation is 1. The fourth-order valence-electron chi connectivity index (χ4n) is 2.06. The van der Waals surface area contributed by atoms with Crippen molar-refractivity contribution in [2.24, 2.45) is 0 Å². The molecule has 0 N–H and O–H groups in total. The van der Waals surface area contributed by atoms with E-state index in [1.807, 2.05) is 19.1 Å². The summed E-state index contributed by atoms with van der Waals surface area (Å²) < 4.78 is 10.4. The van der Waals surface area contributed by atoms with Gasteiger partial charge in [-0.3, -0.25) is 0 Å². The minimum Gasteiger partial charge on any atom is -0.465 e. The van der Waals surface area contributed by atoms with Gasteiger partial charge in [0.25, 0.3) is 0 Å². The normalized spacial score (nSPS) is 19.8. The highest BCUT2D eigenvalue weighted by atomic mass is 16.5. The molecule has 1 unspecified atom stereocenters. The highest BCUT2D eigenvalue weighted by Gasteiger charge is 2.20. The minimum absolute atomic E-state index is 0.143. The molecular formula is C13H16O3. The van der Waals surface area contributed by atoms with Crippen LogP contribution >= 0.6 is 0 Å². The third-order valence-electron chi connectivity index (χ3n) is 2.98. The monoisotopic (exact) mass is 220 g/mol. The van der Waals surface area contributed by atoms with Crippen LogP contribution in [0.5, 0.6) is 0 Å². The van der Waals surface area contributed by atoms with Gasteiger partial charge in [-0.2, -0.15) is 0 Å². The number of hydrogen-bond donors (Lipinski definition) is 0. The van der Waals surface area contributed by atoms with Gasteiger partial charge in [0, 0.05) is 6.61 Å². The molecule has 16 heavy (non-hydrogen) atoms.